The van der Waals surface area contributed by atoms with Crippen molar-refractivity contribution in [1.29, 1.82) is 0 Å². The average molecular weight is 280 g/mol. The molecule has 1 aromatic heterocycles. The Labute approximate surface area is 122 Å². The summed E-state index contributed by atoms with van der Waals surface area (Å²) in [4.78, 5) is 14.6. The van der Waals surface area contributed by atoms with Crippen LogP contribution in [0.3, 0.4) is 0 Å². The molecule has 114 valence electrons. The highest BCUT2D eigenvalue weighted by Crippen LogP contribution is 2.11. The number of aryl methyl sites for hydroxylation is 2. The number of carbonyl (C=O) groups is 1. The van der Waals surface area contributed by atoms with E-state index in [0.717, 1.165) is 25.1 Å². The molecule has 0 aliphatic heterocycles. The monoisotopic (exact) mass is 280 g/mol. The van der Waals surface area contributed by atoms with E-state index in [1.807, 2.05) is 17.9 Å². The summed E-state index contributed by atoms with van der Waals surface area (Å²) >= 11 is 0. The fourth-order valence-electron chi connectivity index (χ4n) is 2.22. The van der Waals surface area contributed by atoms with Gasteiger partial charge in [0.1, 0.15) is 5.69 Å². The highest BCUT2D eigenvalue weighted by molar-refractivity contribution is 5.92. The fourth-order valence-corrected chi connectivity index (χ4v) is 2.22. The second-order valence-electron chi connectivity index (χ2n) is 5.48. The van der Waals surface area contributed by atoms with Gasteiger partial charge in [0.15, 0.2) is 0 Å². The second-order valence-corrected chi connectivity index (χ2v) is 5.48. The van der Waals surface area contributed by atoms with Gasteiger partial charge in [0.2, 0.25) is 0 Å². The maximum Gasteiger partial charge on any atom is 0.272 e. The molecule has 0 aliphatic carbocycles. The van der Waals surface area contributed by atoms with Crippen LogP contribution in [0.5, 0.6) is 0 Å². The Kier molecular flexibility index (Phi) is 6.71. The molecule has 0 aromatic carbocycles. The maximum atomic E-state index is 12.7. The fraction of sp³-hybridized carbons (Fsp3) is 0.733. The van der Waals surface area contributed by atoms with Crippen molar-refractivity contribution in [3.05, 3.63) is 17.5 Å². The minimum atomic E-state index is 0.0706. The number of hydrogen-bond donors (Lipinski definition) is 1. The van der Waals surface area contributed by atoms with Crippen LogP contribution in [-0.4, -0.2) is 40.2 Å². The molecule has 2 N–H and O–H groups in total. The van der Waals surface area contributed by atoms with Gasteiger partial charge in [-0.15, -0.1) is 0 Å². The summed E-state index contributed by atoms with van der Waals surface area (Å²) < 4.78 is 1.80. The molecule has 0 saturated carbocycles. The van der Waals surface area contributed by atoms with Gasteiger partial charge in [-0.1, -0.05) is 20.8 Å². The van der Waals surface area contributed by atoms with Crippen molar-refractivity contribution in [3.8, 4) is 0 Å². The average Bonchev–Trinajstić information content (AvgIpc) is 2.85. The molecule has 20 heavy (non-hydrogen) atoms. The Morgan fingerprint density at radius 2 is 2.15 bits per heavy atom. The van der Waals surface area contributed by atoms with Crippen molar-refractivity contribution in [2.75, 3.05) is 19.6 Å². The third-order valence-corrected chi connectivity index (χ3v) is 3.22. The van der Waals surface area contributed by atoms with E-state index in [1.54, 1.807) is 4.68 Å². The third-order valence-electron chi connectivity index (χ3n) is 3.22. The molecule has 0 fully saturated rings. The largest absolute Gasteiger partial charge is 0.337 e. The zero-order valence-corrected chi connectivity index (χ0v) is 13.2. The molecule has 1 heterocycles. The van der Waals surface area contributed by atoms with Crippen LogP contribution in [0.25, 0.3) is 0 Å². The van der Waals surface area contributed by atoms with Gasteiger partial charge in [-0.05, 0) is 38.3 Å². The van der Waals surface area contributed by atoms with Gasteiger partial charge in [0, 0.05) is 19.6 Å². The third kappa shape index (κ3) is 4.34. The summed E-state index contributed by atoms with van der Waals surface area (Å²) in [6.45, 7) is 11.1. The Morgan fingerprint density at radius 1 is 1.45 bits per heavy atom. The van der Waals surface area contributed by atoms with Gasteiger partial charge in [-0.2, -0.15) is 5.10 Å². The number of nitrogens with two attached hydrogens (primary N) is 1. The molecule has 0 spiro atoms. The van der Waals surface area contributed by atoms with Gasteiger partial charge in [-0.3, -0.25) is 9.48 Å². The summed E-state index contributed by atoms with van der Waals surface area (Å²) in [6, 6.07) is 1.92. The molecule has 5 heteroatoms. The van der Waals surface area contributed by atoms with Crippen molar-refractivity contribution in [3.63, 3.8) is 0 Å². The molecule has 0 unspecified atom stereocenters. The first-order valence-electron chi connectivity index (χ1n) is 7.59. The van der Waals surface area contributed by atoms with Crippen LogP contribution < -0.4 is 5.73 Å². The number of aromatic nitrogens is 2. The highest BCUT2D eigenvalue weighted by Gasteiger charge is 2.21. The lowest BCUT2D eigenvalue weighted by Gasteiger charge is -2.24. The molecule has 1 aromatic rings. The number of amides is 1. The van der Waals surface area contributed by atoms with Crippen molar-refractivity contribution in [2.45, 2.75) is 47.1 Å². The molecule has 0 saturated heterocycles. The SMILES string of the molecule is CCc1cc(C(=O)N(CCCN)CC(C)C)n(CC)n1. The van der Waals surface area contributed by atoms with Gasteiger partial charge in [0.05, 0.1) is 5.69 Å². The second kappa shape index (κ2) is 8.04. The van der Waals surface area contributed by atoms with E-state index < -0.39 is 0 Å². The van der Waals surface area contributed by atoms with Crippen molar-refractivity contribution in [1.82, 2.24) is 14.7 Å². The van der Waals surface area contributed by atoms with Gasteiger partial charge in [0.25, 0.3) is 5.91 Å². The van der Waals surface area contributed by atoms with Crippen LogP contribution >= 0.6 is 0 Å². The first-order valence-corrected chi connectivity index (χ1v) is 7.59. The van der Waals surface area contributed by atoms with Crippen LogP contribution in [0.2, 0.25) is 0 Å². The summed E-state index contributed by atoms with van der Waals surface area (Å²) in [6.07, 6.45) is 1.68. The normalized spacial score (nSPS) is 11.1. The van der Waals surface area contributed by atoms with E-state index >= 15 is 0 Å². The molecular weight excluding hydrogens is 252 g/mol. The van der Waals surface area contributed by atoms with Gasteiger partial charge >= 0.3 is 0 Å². The molecular formula is C15H28N4O. The maximum absolute atomic E-state index is 12.7. The van der Waals surface area contributed by atoms with Gasteiger partial charge < -0.3 is 10.6 Å². The molecule has 0 aliphatic rings. The lowest BCUT2D eigenvalue weighted by Crippen LogP contribution is -2.37. The number of rotatable bonds is 8. The summed E-state index contributed by atoms with van der Waals surface area (Å²) in [5.41, 5.74) is 7.24. The summed E-state index contributed by atoms with van der Waals surface area (Å²) in [5, 5.41) is 4.45. The molecule has 0 radical (unpaired) electrons. The minimum absolute atomic E-state index is 0.0706. The molecule has 0 atom stereocenters. The van der Waals surface area contributed by atoms with Crippen LogP contribution in [0.1, 0.15) is 50.3 Å². The Balaban J connectivity index is 2.94. The predicted octanol–water partition coefficient (Wildman–Crippen LogP) is 1.91. The van der Waals surface area contributed by atoms with Crippen molar-refractivity contribution in [2.24, 2.45) is 11.7 Å². The molecule has 0 bridgehead atoms. The van der Waals surface area contributed by atoms with E-state index in [2.05, 4.69) is 25.9 Å². The number of nitrogens with zero attached hydrogens (tertiary/aromatic N) is 3. The van der Waals surface area contributed by atoms with Crippen molar-refractivity contribution < 1.29 is 4.79 Å². The van der Waals surface area contributed by atoms with Crippen LogP contribution in [0.15, 0.2) is 6.07 Å². The number of carbonyl (C=O) groups excluding carboxylic acids is 1. The Morgan fingerprint density at radius 3 is 2.65 bits per heavy atom. The van der Waals surface area contributed by atoms with Gasteiger partial charge in [-0.25, -0.2) is 0 Å². The van der Waals surface area contributed by atoms with Crippen LogP contribution in [0, 0.1) is 5.92 Å². The lowest BCUT2D eigenvalue weighted by atomic mass is 10.2. The predicted molar refractivity (Wildman–Crippen MR) is 81.7 cm³/mol. The highest BCUT2D eigenvalue weighted by atomic mass is 16.2. The lowest BCUT2D eigenvalue weighted by molar-refractivity contribution is 0.0722. The first kappa shape index (κ1) is 16.7. The van der Waals surface area contributed by atoms with E-state index in [9.17, 15) is 4.79 Å². The Bertz CT molecular complexity index is 426. The summed E-state index contributed by atoms with van der Waals surface area (Å²) in [5.74, 6) is 0.515. The Hall–Kier alpha value is -1.36. The van der Waals surface area contributed by atoms with Crippen LogP contribution in [-0.2, 0) is 13.0 Å². The molecule has 5 nitrogen and oxygen atoms in total. The van der Waals surface area contributed by atoms with Crippen LogP contribution in [0.4, 0.5) is 0 Å². The number of hydrogen-bond acceptors (Lipinski definition) is 3. The van der Waals surface area contributed by atoms with E-state index in [0.29, 0.717) is 31.2 Å². The smallest absolute Gasteiger partial charge is 0.272 e. The molecule has 1 amide bonds. The first-order chi connectivity index (χ1) is 9.53. The quantitative estimate of drug-likeness (QED) is 0.791. The minimum Gasteiger partial charge on any atom is -0.337 e. The van der Waals surface area contributed by atoms with Crippen molar-refractivity contribution >= 4 is 5.91 Å². The topological polar surface area (TPSA) is 64.2 Å². The zero-order valence-electron chi connectivity index (χ0n) is 13.2. The standard InChI is InChI=1S/C15H28N4O/c1-5-13-10-14(19(6-2)17-13)15(20)18(9-7-8-16)11-12(3)4/h10,12H,5-9,11,16H2,1-4H3. The van der Waals surface area contributed by atoms with E-state index in [4.69, 9.17) is 5.73 Å². The zero-order chi connectivity index (χ0) is 15.1. The summed E-state index contributed by atoms with van der Waals surface area (Å²) in [7, 11) is 0. The molecule has 1 rings (SSSR count). The van der Waals surface area contributed by atoms with E-state index in [-0.39, 0.29) is 5.91 Å². The van der Waals surface area contributed by atoms with E-state index in [1.165, 1.54) is 0 Å².